The van der Waals surface area contributed by atoms with Crippen molar-refractivity contribution in [2.45, 2.75) is 38.7 Å². The number of fused-ring (bicyclic) bond motifs is 1. The molecule has 74 valence electrons. The van der Waals surface area contributed by atoms with Crippen molar-refractivity contribution in [2.75, 3.05) is 6.61 Å². The van der Waals surface area contributed by atoms with Crippen molar-refractivity contribution in [1.82, 2.24) is 0 Å². The van der Waals surface area contributed by atoms with Crippen LogP contribution in [0.2, 0.25) is 0 Å². The normalized spacial score (nSPS) is 39.5. The van der Waals surface area contributed by atoms with Gasteiger partial charge in [0.15, 0.2) is 0 Å². The number of aliphatic hydroxyl groups excluding tert-OH is 2. The first-order chi connectivity index (χ1) is 6.24. The minimum Gasteiger partial charge on any atom is -0.396 e. The van der Waals surface area contributed by atoms with E-state index >= 15 is 0 Å². The number of hydrogen-bond donors (Lipinski definition) is 2. The molecule has 13 heavy (non-hydrogen) atoms. The topological polar surface area (TPSA) is 40.5 Å². The lowest BCUT2D eigenvalue weighted by molar-refractivity contribution is 0.0753. The van der Waals surface area contributed by atoms with E-state index in [1.54, 1.807) is 0 Å². The van der Waals surface area contributed by atoms with Crippen LogP contribution in [0.3, 0.4) is 0 Å². The van der Waals surface area contributed by atoms with Crippen LogP contribution in [0.1, 0.15) is 32.6 Å². The van der Waals surface area contributed by atoms with Gasteiger partial charge >= 0.3 is 0 Å². The van der Waals surface area contributed by atoms with Gasteiger partial charge in [-0.05, 0) is 38.5 Å². The van der Waals surface area contributed by atoms with Crippen LogP contribution in [0.4, 0.5) is 0 Å². The second-order valence-electron chi connectivity index (χ2n) is 4.42. The Bertz CT molecular complexity index is 232. The molecule has 0 aromatic rings. The Morgan fingerprint density at radius 2 is 2.08 bits per heavy atom. The maximum absolute atomic E-state index is 9.80. The SMILES string of the molecule is CC1=C2CC[C@H](O)[C@@H]2[C@H](CO)CC1. The van der Waals surface area contributed by atoms with E-state index in [0.717, 1.165) is 25.7 Å². The van der Waals surface area contributed by atoms with Gasteiger partial charge in [-0.1, -0.05) is 11.1 Å². The van der Waals surface area contributed by atoms with Gasteiger partial charge in [0.05, 0.1) is 6.10 Å². The molecule has 2 aliphatic carbocycles. The van der Waals surface area contributed by atoms with E-state index < -0.39 is 0 Å². The molecule has 0 radical (unpaired) electrons. The van der Waals surface area contributed by atoms with Crippen LogP contribution in [0.25, 0.3) is 0 Å². The lowest BCUT2D eigenvalue weighted by Gasteiger charge is -2.31. The van der Waals surface area contributed by atoms with Crippen LogP contribution in [-0.2, 0) is 0 Å². The quantitative estimate of drug-likeness (QED) is 0.603. The first kappa shape index (κ1) is 9.22. The average Bonchev–Trinajstić information content (AvgIpc) is 2.51. The molecule has 1 fully saturated rings. The van der Waals surface area contributed by atoms with Gasteiger partial charge in [0.25, 0.3) is 0 Å². The maximum Gasteiger partial charge on any atom is 0.0612 e. The molecule has 1 saturated carbocycles. The summed E-state index contributed by atoms with van der Waals surface area (Å²) in [7, 11) is 0. The lowest BCUT2D eigenvalue weighted by Crippen LogP contribution is -2.29. The van der Waals surface area contributed by atoms with Crippen LogP contribution in [0.15, 0.2) is 11.1 Å². The van der Waals surface area contributed by atoms with Gasteiger partial charge in [0.2, 0.25) is 0 Å². The largest absolute Gasteiger partial charge is 0.396 e. The van der Waals surface area contributed by atoms with E-state index in [1.165, 1.54) is 11.1 Å². The Labute approximate surface area is 79.3 Å². The van der Waals surface area contributed by atoms with E-state index in [0.29, 0.717) is 5.92 Å². The molecule has 0 aromatic heterocycles. The second kappa shape index (κ2) is 3.43. The van der Waals surface area contributed by atoms with Crippen molar-refractivity contribution < 1.29 is 10.2 Å². The third kappa shape index (κ3) is 1.42. The summed E-state index contributed by atoms with van der Waals surface area (Å²) in [5.41, 5.74) is 2.91. The molecule has 0 bridgehead atoms. The van der Waals surface area contributed by atoms with Gasteiger partial charge in [-0.3, -0.25) is 0 Å². The third-order valence-corrected chi connectivity index (χ3v) is 3.71. The summed E-state index contributed by atoms with van der Waals surface area (Å²) in [5.74, 6) is 0.593. The second-order valence-corrected chi connectivity index (χ2v) is 4.42. The van der Waals surface area contributed by atoms with Crippen LogP contribution in [0, 0.1) is 11.8 Å². The molecular weight excluding hydrogens is 164 g/mol. The van der Waals surface area contributed by atoms with Crippen molar-refractivity contribution in [2.24, 2.45) is 11.8 Å². The first-order valence-corrected chi connectivity index (χ1v) is 5.21. The molecule has 0 amide bonds. The van der Waals surface area contributed by atoms with E-state index in [-0.39, 0.29) is 18.6 Å². The maximum atomic E-state index is 9.80. The minimum atomic E-state index is -0.192. The number of aliphatic hydroxyl groups is 2. The van der Waals surface area contributed by atoms with Crippen molar-refractivity contribution >= 4 is 0 Å². The summed E-state index contributed by atoms with van der Waals surface area (Å²) in [4.78, 5) is 0. The Kier molecular flexibility index (Phi) is 2.43. The number of hydrogen-bond acceptors (Lipinski definition) is 2. The molecule has 2 nitrogen and oxygen atoms in total. The van der Waals surface area contributed by atoms with Gasteiger partial charge in [-0.2, -0.15) is 0 Å². The van der Waals surface area contributed by atoms with Crippen molar-refractivity contribution in [3.8, 4) is 0 Å². The van der Waals surface area contributed by atoms with Crippen molar-refractivity contribution in [3.05, 3.63) is 11.1 Å². The predicted molar refractivity (Wildman–Crippen MR) is 51.2 cm³/mol. The average molecular weight is 182 g/mol. The van der Waals surface area contributed by atoms with Gasteiger partial charge in [0.1, 0.15) is 0 Å². The van der Waals surface area contributed by atoms with Crippen LogP contribution >= 0.6 is 0 Å². The fraction of sp³-hybridized carbons (Fsp3) is 0.818. The molecule has 0 aromatic carbocycles. The van der Waals surface area contributed by atoms with Crippen molar-refractivity contribution in [3.63, 3.8) is 0 Å². The molecule has 2 heteroatoms. The fourth-order valence-electron chi connectivity index (χ4n) is 2.93. The smallest absolute Gasteiger partial charge is 0.0612 e. The monoisotopic (exact) mass is 182 g/mol. The molecule has 0 heterocycles. The highest BCUT2D eigenvalue weighted by Gasteiger charge is 2.38. The third-order valence-electron chi connectivity index (χ3n) is 3.71. The van der Waals surface area contributed by atoms with Crippen molar-refractivity contribution in [1.29, 1.82) is 0 Å². The zero-order valence-electron chi connectivity index (χ0n) is 8.16. The Morgan fingerprint density at radius 3 is 2.77 bits per heavy atom. The van der Waals surface area contributed by atoms with E-state index in [2.05, 4.69) is 6.92 Å². The molecular formula is C11H18O2. The van der Waals surface area contributed by atoms with Gasteiger partial charge in [0, 0.05) is 12.5 Å². The Hall–Kier alpha value is -0.340. The summed E-state index contributed by atoms with van der Waals surface area (Å²) >= 11 is 0. The highest BCUT2D eigenvalue weighted by Crippen LogP contribution is 2.44. The lowest BCUT2D eigenvalue weighted by atomic mass is 9.76. The summed E-state index contributed by atoms with van der Waals surface area (Å²) in [6.07, 6.45) is 3.92. The van der Waals surface area contributed by atoms with Crippen LogP contribution in [-0.4, -0.2) is 22.9 Å². The standard InChI is InChI=1S/C11H18O2/c1-7-2-3-8(6-12)11-9(7)4-5-10(11)13/h8,10-13H,2-6H2,1H3/t8-,10-,11+/m0/s1. The number of allylic oxidation sites excluding steroid dienone is 1. The van der Waals surface area contributed by atoms with E-state index in [9.17, 15) is 10.2 Å². The Balaban J connectivity index is 2.27. The number of rotatable bonds is 1. The zero-order chi connectivity index (χ0) is 9.42. The van der Waals surface area contributed by atoms with Gasteiger partial charge < -0.3 is 10.2 Å². The molecule has 2 aliphatic rings. The molecule has 0 saturated heterocycles. The van der Waals surface area contributed by atoms with Crippen LogP contribution < -0.4 is 0 Å². The minimum absolute atomic E-state index is 0.192. The summed E-state index contributed by atoms with van der Waals surface area (Å²) in [6, 6.07) is 0. The predicted octanol–water partition coefficient (Wildman–Crippen LogP) is 1.48. The summed E-state index contributed by atoms with van der Waals surface area (Å²) in [6.45, 7) is 2.41. The summed E-state index contributed by atoms with van der Waals surface area (Å²) < 4.78 is 0. The van der Waals surface area contributed by atoms with Gasteiger partial charge in [-0.25, -0.2) is 0 Å². The molecule has 2 rings (SSSR count). The fourth-order valence-corrected chi connectivity index (χ4v) is 2.93. The molecule has 2 N–H and O–H groups in total. The summed E-state index contributed by atoms with van der Waals surface area (Å²) in [5, 5.41) is 19.0. The highest BCUT2D eigenvalue weighted by atomic mass is 16.3. The molecule has 0 aliphatic heterocycles. The van der Waals surface area contributed by atoms with E-state index in [1.807, 2.05) is 0 Å². The van der Waals surface area contributed by atoms with Gasteiger partial charge in [-0.15, -0.1) is 0 Å². The zero-order valence-corrected chi connectivity index (χ0v) is 8.16. The first-order valence-electron chi connectivity index (χ1n) is 5.21. The van der Waals surface area contributed by atoms with E-state index in [4.69, 9.17) is 0 Å². The Morgan fingerprint density at radius 1 is 1.31 bits per heavy atom. The highest BCUT2D eigenvalue weighted by molar-refractivity contribution is 5.24. The molecule has 3 atom stereocenters. The molecule has 0 unspecified atom stereocenters. The van der Waals surface area contributed by atoms with Crippen LogP contribution in [0.5, 0.6) is 0 Å². The molecule has 0 spiro atoms.